The third-order valence-corrected chi connectivity index (χ3v) is 10.5. The molecule has 0 N–H and O–H groups in total. The third-order valence-electron chi connectivity index (χ3n) is 9.06. The number of ether oxygens (including phenoxy) is 4. The number of carbonyl (C=O) groups is 2. The number of cyclic esters (lactones) is 2. The molecule has 0 aromatic heterocycles. The first-order valence-corrected chi connectivity index (χ1v) is 11.9. The van der Waals surface area contributed by atoms with E-state index in [0.717, 1.165) is 12.8 Å². The standard InChI is InChI=1S/C21H28O6S2/c1-2-24-16-10-4-21(18(16)29,12-6-26-20(23)14(10)12)7-27-15-9-3-8(17(15)28)11-5-25-19(22)13(9)11/h8-18,28-29H,2-7H2,1H3. The molecule has 0 spiro atoms. The lowest BCUT2D eigenvalue weighted by atomic mass is 9.70. The number of thiol groups is 2. The molecular weight excluding hydrogens is 412 g/mol. The van der Waals surface area contributed by atoms with Crippen molar-refractivity contribution < 1.29 is 28.5 Å². The predicted octanol–water partition coefficient (Wildman–Crippen LogP) is 1.62. The molecule has 2 saturated heterocycles. The second kappa shape index (κ2) is 6.53. The second-order valence-electron chi connectivity index (χ2n) is 9.88. The van der Waals surface area contributed by atoms with Crippen LogP contribution in [0.4, 0.5) is 0 Å². The second-order valence-corrected chi connectivity index (χ2v) is 11.0. The Kier molecular flexibility index (Phi) is 4.34. The van der Waals surface area contributed by atoms with Crippen molar-refractivity contribution >= 4 is 37.2 Å². The van der Waals surface area contributed by atoms with Crippen molar-refractivity contribution in [3.8, 4) is 0 Å². The number of carbonyl (C=O) groups excluding carboxylic acids is 2. The molecule has 8 heteroatoms. The van der Waals surface area contributed by atoms with E-state index in [-0.39, 0.29) is 69.7 Å². The zero-order chi connectivity index (χ0) is 20.1. The monoisotopic (exact) mass is 440 g/mol. The van der Waals surface area contributed by atoms with Gasteiger partial charge in [0.25, 0.3) is 0 Å². The minimum Gasteiger partial charge on any atom is -0.465 e. The topological polar surface area (TPSA) is 71.1 Å². The molecule has 2 aliphatic heterocycles. The summed E-state index contributed by atoms with van der Waals surface area (Å²) >= 11 is 9.88. The maximum absolute atomic E-state index is 12.4. The lowest BCUT2D eigenvalue weighted by molar-refractivity contribution is -0.145. The molecule has 0 radical (unpaired) electrons. The summed E-state index contributed by atoms with van der Waals surface area (Å²) < 4.78 is 23.4. The summed E-state index contributed by atoms with van der Waals surface area (Å²) in [6.07, 6.45) is 1.80. The first-order chi connectivity index (χ1) is 14.0. The SMILES string of the molecule is CCOC1C2CC(COC3C(S)C4CC3C3C(=O)OCC43)(C1S)C1COC(=O)C21. The van der Waals surface area contributed by atoms with E-state index in [4.69, 9.17) is 44.2 Å². The van der Waals surface area contributed by atoms with Gasteiger partial charge in [0.15, 0.2) is 0 Å². The minimum absolute atomic E-state index is 0.0179. The van der Waals surface area contributed by atoms with Crippen LogP contribution in [0.25, 0.3) is 0 Å². The van der Waals surface area contributed by atoms with Crippen LogP contribution in [0.5, 0.6) is 0 Å². The van der Waals surface area contributed by atoms with Gasteiger partial charge in [-0.2, -0.15) is 25.3 Å². The van der Waals surface area contributed by atoms with Crippen LogP contribution in [0.3, 0.4) is 0 Å². The van der Waals surface area contributed by atoms with Gasteiger partial charge < -0.3 is 18.9 Å². The van der Waals surface area contributed by atoms with Crippen LogP contribution in [-0.4, -0.2) is 61.1 Å². The van der Waals surface area contributed by atoms with Gasteiger partial charge in [0.05, 0.1) is 43.9 Å². The van der Waals surface area contributed by atoms with Crippen molar-refractivity contribution in [1.29, 1.82) is 0 Å². The van der Waals surface area contributed by atoms with Gasteiger partial charge in [-0.25, -0.2) is 0 Å². The number of hydrogen-bond acceptors (Lipinski definition) is 8. The van der Waals surface area contributed by atoms with Crippen molar-refractivity contribution in [3.63, 3.8) is 0 Å². The van der Waals surface area contributed by atoms with Gasteiger partial charge in [-0.05, 0) is 25.7 Å². The maximum atomic E-state index is 12.4. The van der Waals surface area contributed by atoms with Crippen molar-refractivity contribution in [1.82, 2.24) is 0 Å². The average molecular weight is 441 g/mol. The van der Waals surface area contributed by atoms with Gasteiger partial charge in [0, 0.05) is 46.2 Å². The molecule has 29 heavy (non-hydrogen) atoms. The molecule has 6 rings (SSSR count). The Morgan fingerprint density at radius 3 is 2.52 bits per heavy atom. The van der Waals surface area contributed by atoms with Gasteiger partial charge in [-0.1, -0.05) is 0 Å². The Hall–Kier alpha value is -0.440. The molecule has 6 nitrogen and oxygen atoms in total. The molecule has 12 unspecified atom stereocenters. The fraction of sp³-hybridized carbons (Fsp3) is 0.905. The summed E-state index contributed by atoms with van der Waals surface area (Å²) in [6.45, 7) is 4.11. The summed E-state index contributed by atoms with van der Waals surface area (Å²) in [7, 11) is 0. The predicted molar refractivity (Wildman–Crippen MR) is 109 cm³/mol. The smallest absolute Gasteiger partial charge is 0.309 e. The number of esters is 2. The molecule has 0 aromatic rings. The summed E-state index contributed by atoms with van der Waals surface area (Å²) in [4.78, 5) is 24.7. The fourth-order valence-corrected chi connectivity index (χ4v) is 9.23. The third kappa shape index (κ3) is 2.35. The van der Waals surface area contributed by atoms with Crippen molar-refractivity contribution in [2.45, 2.75) is 42.5 Å². The normalized spacial score (nSPS) is 56.6. The first kappa shape index (κ1) is 19.3. The Balaban J connectivity index is 1.24. The Labute approximate surface area is 181 Å². The summed E-state index contributed by atoms with van der Waals surface area (Å²) in [5, 5.41) is 0.147. The van der Waals surface area contributed by atoms with Gasteiger partial charge in [-0.3, -0.25) is 9.59 Å². The number of hydrogen-bond donors (Lipinski definition) is 2. The molecule has 12 atom stereocenters. The van der Waals surface area contributed by atoms with Crippen LogP contribution >= 0.6 is 25.3 Å². The molecule has 4 saturated carbocycles. The van der Waals surface area contributed by atoms with Crippen LogP contribution in [0.15, 0.2) is 0 Å². The van der Waals surface area contributed by atoms with E-state index in [1.807, 2.05) is 6.92 Å². The molecule has 4 bridgehead atoms. The highest BCUT2D eigenvalue weighted by Gasteiger charge is 2.71. The van der Waals surface area contributed by atoms with E-state index in [2.05, 4.69) is 0 Å². The highest BCUT2D eigenvalue weighted by molar-refractivity contribution is 7.81. The molecule has 6 aliphatic rings. The Morgan fingerprint density at radius 1 is 0.966 bits per heavy atom. The molecule has 4 aliphatic carbocycles. The number of rotatable bonds is 5. The molecule has 6 fully saturated rings. The number of fused-ring (bicyclic) bond motifs is 10. The minimum atomic E-state index is -0.227. The maximum Gasteiger partial charge on any atom is 0.309 e. The van der Waals surface area contributed by atoms with Crippen LogP contribution in [-0.2, 0) is 28.5 Å². The molecular formula is C21H28O6S2. The summed E-state index contributed by atoms with van der Waals surface area (Å²) in [5.41, 5.74) is -0.227. The largest absolute Gasteiger partial charge is 0.465 e. The van der Waals surface area contributed by atoms with Crippen molar-refractivity contribution in [2.75, 3.05) is 26.4 Å². The van der Waals surface area contributed by atoms with Crippen LogP contribution in [0.1, 0.15) is 19.8 Å². The average Bonchev–Trinajstić information content (AvgIpc) is 3.49. The zero-order valence-corrected chi connectivity index (χ0v) is 18.2. The molecule has 160 valence electrons. The van der Waals surface area contributed by atoms with Crippen molar-refractivity contribution in [3.05, 3.63) is 0 Å². The first-order valence-electron chi connectivity index (χ1n) is 10.9. The van der Waals surface area contributed by atoms with E-state index in [1.54, 1.807) is 0 Å². The highest BCUT2D eigenvalue weighted by Crippen LogP contribution is 2.66. The fourth-order valence-electron chi connectivity index (χ4n) is 7.90. The zero-order valence-electron chi connectivity index (χ0n) is 16.4. The quantitative estimate of drug-likeness (QED) is 0.500. The van der Waals surface area contributed by atoms with Crippen molar-refractivity contribution in [2.24, 2.45) is 46.8 Å². The van der Waals surface area contributed by atoms with Gasteiger partial charge in [0.2, 0.25) is 0 Å². The van der Waals surface area contributed by atoms with E-state index in [0.29, 0.717) is 38.3 Å². The molecule has 0 aromatic carbocycles. The molecule has 0 amide bonds. The summed E-state index contributed by atoms with van der Waals surface area (Å²) in [5.74, 6) is 0.899. The van der Waals surface area contributed by atoms with Crippen LogP contribution < -0.4 is 0 Å². The Bertz CT molecular complexity index is 747. The van der Waals surface area contributed by atoms with E-state index in [1.165, 1.54) is 0 Å². The molecule has 2 heterocycles. The van der Waals surface area contributed by atoms with Crippen LogP contribution in [0, 0.1) is 46.8 Å². The van der Waals surface area contributed by atoms with E-state index >= 15 is 0 Å². The van der Waals surface area contributed by atoms with E-state index in [9.17, 15) is 9.59 Å². The van der Waals surface area contributed by atoms with Crippen LogP contribution in [0.2, 0.25) is 0 Å². The highest BCUT2D eigenvalue weighted by atomic mass is 32.1. The van der Waals surface area contributed by atoms with Gasteiger partial charge in [0.1, 0.15) is 0 Å². The summed E-state index contributed by atoms with van der Waals surface area (Å²) in [6, 6.07) is 0. The Morgan fingerprint density at radius 2 is 1.72 bits per heavy atom. The van der Waals surface area contributed by atoms with Gasteiger partial charge >= 0.3 is 11.9 Å². The lowest BCUT2D eigenvalue weighted by Gasteiger charge is -2.43. The lowest BCUT2D eigenvalue weighted by Crippen LogP contribution is -2.51. The van der Waals surface area contributed by atoms with Gasteiger partial charge in [-0.15, -0.1) is 0 Å². The van der Waals surface area contributed by atoms with E-state index < -0.39 is 0 Å².